The molecule has 0 unspecified atom stereocenters. The van der Waals surface area contributed by atoms with E-state index in [9.17, 15) is 0 Å². The fourth-order valence-corrected chi connectivity index (χ4v) is 5.95. The zero-order valence-corrected chi connectivity index (χ0v) is 19.3. The summed E-state index contributed by atoms with van der Waals surface area (Å²) in [6, 6.07) is 43.8. The quantitative estimate of drug-likeness (QED) is 0.282. The Morgan fingerprint density at radius 3 is 1.94 bits per heavy atom. The molecule has 160 valence electrons. The molecule has 7 aromatic rings. The topological polar surface area (TPSA) is 12.0 Å². The second-order valence-corrected chi connectivity index (χ2v) is 9.86. The Morgan fingerprint density at radius 2 is 1.06 bits per heavy atom. The number of thiophene rings is 1. The largest absolute Gasteiger partial charge is 0.356 e. The van der Waals surface area contributed by atoms with Gasteiger partial charge in [-0.1, -0.05) is 66.7 Å². The van der Waals surface area contributed by atoms with E-state index in [1.165, 1.54) is 52.8 Å². The molecule has 34 heavy (non-hydrogen) atoms. The second-order valence-electron chi connectivity index (χ2n) is 8.78. The third kappa shape index (κ3) is 3.32. The van der Waals surface area contributed by atoms with E-state index in [0.717, 1.165) is 11.4 Å². The molecule has 0 bridgehead atoms. The Balaban J connectivity index is 1.29. The van der Waals surface area contributed by atoms with Gasteiger partial charge in [0.15, 0.2) is 0 Å². The summed E-state index contributed by atoms with van der Waals surface area (Å²) >= 11 is 1.88. The minimum atomic E-state index is 1.10. The molecule has 1 nitrogen and oxygen atoms in total. The maximum atomic E-state index is 3.49. The van der Waals surface area contributed by atoms with Gasteiger partial charge in [-0.2, -0.15) is 0 Å². The number of anilines is 2. The second kappa shape index (κ2) is 7.72. The summed E-state index contributed by atoms with van der Waals surface area (Å²) in [5.74, 6) is 0. The van der Waals surface area contributed by atoms with Crippen molar-refractivity contribution in [3.8, 4) is 11.1 Å². The summed E-state index contributed by atoms with van der Waals surface area (Å²) in [7, 11) is 0. The highest BCUT2D eigenvalue weighted by Gasteiger charge is 2.09. The highest BCUT2D eigenvalue weighted by Crippen LogP contribution is 2.39. The van der Waals surface area contributed by atoms with Crippen molar-refractivity contribution in [2.45, 2.75) is 0 Å². The predicted octanol–water partition coefficient (Wildman–Crippen LogP) is 9.77. The van der Waals surface area contributed by atoms with Gasteiger partial charge >= 0.3 is 0 Å². The molecule has 7 rings (SSSR count). The van der Waals surface area contributed by atoms with Crippen molar-refractivity contribution < 1.29 is 0 Å². The summed E-state index contributed by atoms with van der Waals surface area (Å²) in [5.41, 5.74) is 4.71. The summed E-state index contributed by atoms with van der Waals surface area (Å²) < 4.78 is 2.69. The molecule has 0 saturated carbocycles. The first kappa shape index (κ1) is 19.3. The van der Waals surface area contributed by atoms with Gasteiger partial charge in [0, 0.05) is 31.5 Å². The average molecular weight is 452 g/mol. The molecule has 2 heteroatoms. The third-order valence-corrected chi connectivity index (χ3v) is 7.71. The van der Waals surface area contributed by atoms with E-state index in [4.69, 9.17) is 0 Å². The number of hydrogen-bond donors (Lipinski definition) is 1. The minimum Gasteiger partial charge on any atom is -0.356 e. The van der Waals surface area contributed by atoms with Crippen LogP contribution in [0.25, 0.3) is 52.8 Å². The Hall–Kier alpha value is -4.14. The molecule has 0 atom stereocenters. The lowest BCUT2D eigenvalue weighted by atomic mass is 9.99. The molecular weight excluding hydrogens is 430 g/mol. The first-order chi connectivity index (χ1) is 16.8. The highest BCUT2D eigenvalue weighted by molar-refractivity contribution is 7.25. The average Bonchev–Trinajstić information content (AvgIpc) is 3.24. The van der Waals surface area contributed by atoms with E-state index in [-0.39, 0.29) is 0 Å². The number of benzene rings is 6. The van der Waals surface area contributed by atoms with Crippen molar-refractivity contribution in [1.82, 2.24) is 0 Å². The van der Waals surface area contributed by atoms with Crippen molar-refractivity contribution in [1.29, 1.82) is 0 Å². The Bertz CT molecular complexity index is 1830. The fraction of sp³-hybridized carbons (Fsp3) is 0. The van der Waals surface area contributed by atoms with Crippen LogP contribution in [0.1, 0.15) is 0 Å². The maximum Gasteiger partial charge on any atom is 0.0390 e. The fourth-order valence-electron chi connectivity index (χ4n) is 4.83. The zero-order chi connectivity index (χ0) is 22.5. The van der Waals surface area contributed by atoms with Crippen LogP contribution in [-0.2, 0) is 0 Å². The third-order valence-electron chi connectivity index (χ3n) is 6.57. The van der Waals surface area contributed by atoms with Gasteiger partial charge in [-0.3, -0.25) is 0 Å². The number of fused-ring (bicyclic) bond motifs is 5. The normalized spacial score (nSPS) is 11.5. The smallest absolute Gasteiger partial charge is 0.0390 e. The predicted molar refractivity (Wildman–Crippen MR) is 150 cm³/mol. The van der Waals surface area contributed by atoms with Crippen molar-refractivity contribution in [3.63, 3.8) is 0 Å². The molecule has 0 saturated heterocycles. The monoisotopic (exact) mass is 451 g/mol. The van der Waals surface area contributed by atoms with Gasteiger partial charge < -0.3 is 5.32 Å². The van der Waals surface area contributed by atoms with Crippen LogP contribution in [0.15, 0.2) is 121 Å². The van der Waals surface area contributed by atoms with Gasteiger partial charge in [-0.25, -0.2) is 0 Å². The van der Waals surface area contributed by atoms with Gasteiger partial charge in [-0.15, -0.1) is 11.3 Å². The molecule has 0 aliphatic heterocycles. The standard InChI is InChI=1S/C32H21NS/c1-2-8-27(9-3-1)33-28-14-12-24-16-23(10-11-25(24)17-28)26-13-15-31-29(19-26)30-18-21-6-4-5-7-22(21)20-32(30)34-31/h1-20,33H. The minimum absolute atomic E-state index is 1.10. The van der Waals surface area contributed by atoms with Crippen LogP contribution in [0, 0.1) is 0 Å². The molecule has 1 heterocycles. The molecule has 0 fully saturated rings. The van der Waals surface area contributed by atoms with Gasteiger partial charge in [0.2, 0.25) is 0 Å². The van der Waals surface area contributed by atoms with Gasteiger partial charge in [0.1, 0.15) is 0 Å². The first-order valence-electron chi connectivity index (χ1n) is 11.5. The van der Waals surface area contributed by atoms with Crippen molar-refractivity contribution in [2.75, 3.05) is 5.32 Å². The van der Waals surface area contributed by atoms with Gasteiger partial charge in [-0.05, 0) is 87.3 Å². The maximum absolute atomic E-state index is 3.49. The van der Waals surface area contributed by atoms with Crippen molar-refractivity contribution in [2.24, 2.45) is 0 Å². The number of para-hydroxylation sites is 1. The van der Waals surface area contributed by atoms with Crippen LogP contribution in [0.2, 0.25) is 0 Å². The van der Waals surface area contributed by atoms with E-state index in [2.05, 4.69) is 108 Å². The van der Waals surface area contributed by atoms with E-state index < -0.39 is 0 Å². The van der Waals surface area contributed by atoms with Crippen LogP contribution in [0.5, 0.6) is 0 Å². The lowest BCUT2D eigenvalue weighted by Crippen LogP contribution is -1.89. The molecule has 0 amide bonds. The van der Waals surface area contributed by atoms with Crippen LogP contribution in [0.4, 0.5) is 11.4 Å². The first-order valence-corrected chi connectivity index (χ1v) is 12.3. The van der Waals surface area contributed by atoms with E-state index in [1.807, 2.05) is 29.5 Å². The molecule has 0 spiro atoms. The summed E-state index contributed by atoms with van der Waals surface area (Å²) in [6.07, 6.45) is 0. The lowest BCUT2D eigenvalue weighted by molar-refractivity contribution is 1.57. The van der Waals surface area contributed by atoms with Gasteiger partial charge in [0.25, 0.3) is 0 Å². The molecule has 0 aliphatic rings. The van der Waals surface area contributed by atoms with Crippen LogP contribution < -0.4 is 5.32 Å². The summed E-state index contributed by atoms with van der Waals surface area (Å²) in [5, 5.41) is 11.3. The molecule has 1 N–H and O–H groups in total. The Labute approximate surface area is 201 Å². The van der Waals surface area contributed by atoms with Crippen LogP contribution in [0.3, 0.4) is 0 Å². The number of nitrogens with one attached hydrogen (secondary N) is 1. The van der Waals surface area contributed by atoms with Gasteiger partial charge in [0.05, 0.1) is 0 Å². The van der Waals surface area contributed by atoms with E-state index in [0.29, 0.717) is 0 Å². The SMILES string of the molecule is c1ccc(Nc2ccc3cc(-c4ccc5sc6cc7ccccc7cc6c5c4)ccc3c2)cc1. The highest BCUT2D eigenvalue weighted by atomic mass is 32.1. The zero-order valence-electron chi connectivity index (χ0n) is 18.5. The Kier molecular flexibility index (Phi) is 4.39. The lowest BCUT2D eigenvalue weighted by Gasteiger charge is -2.09. The van der Waals surface area contributed by atoms with Crippen molar-refractivity contribution >= 4 is 64.4 Å². The molecular formula is C32H21NS. The Morgan fingerprint density at radius 1 is 0.412 bits per heavy atom. The molecule has 1 aromatic heterocycles. The van der Waals surface area contributed by atoms with Crippen LogP contribution in [-0.4, -0.2) is 0 Å². The number of hydrogen-bond acceptors (Lipinski definition) is 2. The van der Waals surface area contributed by atoms with E-state index in [1.54, 1.807) is 0 Å². The molecule has 6 aromatic carbocycles. The summed E-state index contributed by atoms with van der Waals surface area (Å²) in [4.78, 5) is 0. The number of rotatable bonds is 3. The van der Waals surface area contributed by atoms with Crippen LogP contribution >= 0.6 is 11.3 Å². The van der Waals surface area contributed by atoms with Crippen molar-refractivity contribution in [3.05, 3.63) is 121 Å². The summed E-state index contributed by atoms with van der Waals surface area (Å²) in [6.45, 7) is 0. The molecule has 0 radical (unpaired) electrons. The van der Waals surface area contributed by atoms with E-state index >= 15 is 0 Å². The molecule has 0 aliphatic carbocycles.